The van der Waals surface area contributed by atoms with Crippen molar-refractivity contribution in [1.29, 1.82) is 0 Å². The molecule has 0 spiro atoms. The van der Waals surface area contributed by atoms with E-state index in [1.54, 1.807) is 0 Å². The van der Waals surface area contributed by atoms with E-state index in [4.69, 9.17) is 9.40 Å². The molecule has 8 rings (SSSR count). The number of imidazole rings is 1. The van der Waals surface area contributed by atoms with Crippen LogP contribution >= 0.6 is 0 Å². The van der Waals surface area contributed by atoms with E-state index in [1.165, 1.54) is 36.1 Å². The van der Waals surface area contributed by atoms with Gasteiger partial charge in [-0.05, 0) is 93.7 Å². The van der Waals surface area contributed by atoms with Gasteiger partial charge in [0.15, 0.2) is 11.4 Å². The van der Waals surface area contributed by atoms with Crippen molar-refractivity contribution in [3.63, 3.8) is 0 Å². The molecule has 1 N–H and O–H groups in total. The highest BCUT2D eigenvalue weighted by Gasteiger charge is 2.44. The maximum absolute atomic E-state index is 14.3. The molecule has 5 aromatic rings. The van der Waals surface area contributed by atoms with Gasteiger partial charge >= 0.3 is 5.76 Å². The molecule has 3 atom stereocenters. The SMILES string of the molecule is Cc1nc2ccccc2n1C1C[C@H]2CC[C@@H](C1)N2CCC1(c2ccccc2)CCN(C(=O)c2ccc(F)c3[nH]c(=O)oc23)CC1. The van der Waals surface area contributed by atoms with Crippen molar-refractivity contribution < 1.29 is 13.6 Å². The molecule has 3 aliphatic heterocycles. The van der Waals surface area contributed by atoms with Gasteiger partial charge in [-0.2, -0.15) is 0 Å². The smallest absolute Gasteiger partial charge is 0.407 e. The maximum Gasteiger partial charge on any atom is 0.417 e. The molecule has 3 saturated heterocycles. The van der Waals surface area contributed by atoms with E-state index in [1.807, 2.05) is 4.90 Å². The third-order valence-electron chi connectivity index (χ3n) is 11.0. The number of H-pyrrole nitrogens is 1. The Morgan fingerprint density at radius 2 is 1.69 bits per heavy atom. The number of halogens is 1. The molecule has 8 nitrogen and oxygen atoms in total. The van der Waals surface area contributed by atoms with Crippen LogP contribution < -0.4 is 5.76 Å². The van der Waals surface area contributed by atoms with Gasteiger partial charge in [-0.15, -0.1) is 0 Å². The highest BCUT2D eigenvalue weighted by molar-refractivity contribution is 6.04. The molecule has 5 heterocycles. The number of aryl methyl sites for hydroxylation is 1. The van der Waals surface area contributed by atoms with Gasteiger partial charge in [-0.3, -0.25) is 14.7 Å². The number of carbonyl (C=O) groups is 1. The Hall–Kier alpha value is -4.24. The Kier molecular flexibility index (Phi) is 6.89. The minimum Gasteiger partial charge on any atom is -0.407 e. The highest BCUT2D eigenvalue weighted by atomic mass is 19.1. The number of amides is 1. The summed E-state index contributed by atoms with van der Waals surface area (Å²) >= 11 is 0. The minimum absolute atomic E-state index is 0.0114. The monoisotopic (exact) mass is 607 g/mol. The van der Waals surface area contributed by atoms with E-state index in [9.17, 15) is 14.0 Å². The maximum atomic E-state index is 14.3. The molecule has 3 aromatic carbocycles. The Balaban J connectivity index is 0.995. The summed E-state index contributed by atoms with van der Waals surface area (Å²) in [6.07, 6.45) is 7.52. The van der Waals surface area contributed by atoms with E-state index >= 15 is 0 Å². The summed E-state index contributed by atoms with van der Waals surface area (Å²) in [5.74, 6) is -0.497. The number of benzene rings is 3. The number of oxazole rings is 1. The van der Waals surface area contributed by atoms with Crippen LogP contribution in [0.1, 0.15) is 72.7 Å². The number of hydrogen-bond acceptors (Lipinski definition) is 5. The molecule has 3 fully saturated rings. The summed E-state index contributed by atoms with van der Waals surface area (Å²) in [4.78, 5) is 37.3. The van der Waals surface area contributed by atoms with Gasteiger partial charge < -0.3 is 13.9 Å². The number of rotatable bonds is 6. The second kappa shape index (κ2) is 11.0. The van der Waals surface area contributed by atoms with Gasteiger partial charge in [0, 0.05) is 31.2 Å². The summed E-state index contributed by atoms with van der Waals surface area (Å²) in [6.45, 7) is 4.36. The quantitative estimate of drug-likeness (QED) is 0.243. The Bertz CT molecular complexity index is 1920. The van der Waals surface area contributed by atoms with Crippen LogP contribution in [0, 0.1) is 12.7 Å². The Morgan fingerprint density at radius 3 is 2.44 bits per heavy atom. The zero-order chi connectivity index (χ0) is 30.7. The lowest BCUT2D eigenvalue weighted by molar-refractivity contribution is 0.0607. The fourth-order valence-corrected chi connectivity index (χ4v) is 8.74. The highest BCUT2D eigenvalue weighted by Crippen LogP contribution is 2.45. The number of hydrogen-bond donors (Lipinski definition) is 1. The van der Waals surface area contributed by atoms with Crippen molar-refractivity contribution in [2.75, 3.05) is 19.6 Å². The number of piperidine rings is 2. The topological polar surface area (TPSA) is 87.4 Å². The number of para-hydroxylation sites is 2. The van der Waals surface area contributed by atoms with Gasteiger partial charge in [0.1, 0.15) is 11.3 Å². The third-order valence-corrected chi connectivity index (χ3v) is 11.0. The standard InChI is InChI=1S/C36H38FN5O3/c1-23-38-30-9-5-6-10-31(30)42(23)27-21-25-11-12-26(22-27)41(25)20-17-36(24-7-3-2-4-8-24)15-18-40(19-16-36)34(43)28-13-14-29(37)32-33(28)45-35(44)39-32/h2-10,13-14,25-27H,11-12,15-22H2,1H3,(H,39,44)/t25-,26+,27?. The first-order valence-electron chi connectivity index (χ1n) is 16.3. The molecule has 1 unspecified atom stereocenters. The predicted molar refractivity (Wildman–Crippen MR) is 171 cm³/mol. The van der Waals surface area contributed by atoms with Gasteiger partial charge in [-0.1, -0.05) is 42.5 Å². The number of nitrogens with zero attached hydrogens (tertiary/aromatic N) is 4. The number of nitrogens with one attached hydrogen (secondary N) is 1. The summed E-state index contributed by atoms with van der Waals surface area (Å²) < 4.78 is 22.0. The van der Waals surface area contributed by atoms with E-state index in [0.717, 1.165) is 50.0 Å². The molecule has 9 heteroatoms. The molecule has 0 radical (unpaired) electrons. The Labute approximate surface area is 260 Å². The summed E-state index contributed by atoms with van der Waals surface area (Å²) in [6, 6.07) is 23.5. The van der Waals surface area contributed by atoms with Gasteiger partial charge in [0.25, 0.3) is 5.91 Å². The van der Waals surface area contributed by atoms with Crippen molar-refractivity contribution in [2.45, 2.75) is 75.4 Å². The number of fused-ring (bicyclic) bond motifs is 4. The summed E-state index contributed by atoms with van der Waals surface area (Å²) in [5, 5.41) is 0. The minimum atomic E-state index is -0.766. The second-order valence-electron chi connectivity index (χ2n) is 13.3. The predicted octanol–water partition coefficient (Wildman–Crippen LogP) is 6.35. The second-order valence-corrected chi connectivity index (χ2v) is 13.3. The lowest BCUT2D eigenvalue weighted by Gasteiger charge is -2.45. The fraction of sp³-hybridized carbons (Fsp3) is 0.417. The average molecular weight is 608 g/mol. The molecule has 2 aromatic heterocycles. The van der Waals surface area contributed by atoms with Crippen LogP contribution in [0.3, 0.4) is 0 Å². The largest absolute Gasteiger partial charge is 0.417 e. The lowest BCUT2D eigenvalue weighted by Crippen LogP contribution is -2.49. The first kappa shape index (κ1) is 28.2. The number of aromatic amines is 1. The van der Waals surface area contributed by atoms with E-state index in [0.29, 0.717) is 31.2 Å². The molecular weight excluding hydrogens is 569 g/mol. The lowest BCUT2D eigenvalue weighted by atomic mass is 9.70. The molecule has 2 bridgehead atoms. The van der Waals surface area contributed by atoms with Crippen LogP contribution in [0.25, 0.3) is 22.1 Å². The first-order valence-corrected chi connectivity index (χ1v) is 16.3. The molecule has 0 saturated carbocycles. The average Bonchev–Trinajstić information content (AvgIpc) is 3.69. The van der Waals surface area contributed by atoms with Crippen LogP contribution in [0.2, 0.25) is 0 Å². The van der Waals surface area contributed by atoms with E-state index in [2.05, 4.69) is 76.0 Å². The molecule has 1 amide bonds. The third kappa shape index (κ3) is 4.79. The zero-order valence-electron chi connectivity index (χ0n) is 25.5. The van der Waals surface area contributed by atoms with Crippen molar-refractivity contribution in [2.24, 2.45) is 0 Å². The number of carbonyl (C=O) groups excluding carboxylic acids is 1. The van der Waals surface area contributed by atoms with Gasteiger partial charge in [-0.25, -0.2) is 14.2 Å². The van der Waals surface area contributed by atoms with E-state index < -0.39 is 11.6 Å². The van der Waals surface area contributed by atoms with Crippen LogP contribution in [0.5, 0.6) is 0 Å². The van der Waals surface area contributed by atoms with Crippen LogP contribution in [0.15, 0.2) is 75.9 Å². The Morgan fingerprint density at radius 1 is 0.978 bits per heavy atom. The molecular formula is C36H38FN5O3. The van der Waals surface area contributed by atoms with Gasteiger partial charge in [0.2, 0.25) is 0 Å². The summed E-state index contributed by atoms with van der Waals surface area (Å²) in [5.41, 5.74) is 3.78. The number of likely N-dealkylation sites (tertiary alicyclic amines) is 1. The van der Waals surface area contributed by atoms with Crippen LogP contribution in [-0.2, 0) is 5.41 Å². The van der Waals surface area contributed by atoms with Crippen molar-refractivity contribution in [3.8, 4) is 0 Å². The normalized spacial score (nSPS) is 23.2. The molecule has 232 valence electrons. The molecule has 45 heavy (non-hydrogen) atoms. The van der Waals surface area contributed by atoms with Crippen molar-refractivity contribution >= 4 is 28.0 Å². The van der Waals surface area contributed by atoms with Crippen molar-refractivity contribution in [3.05, 3.63) is 100 Å². The number of aromatic nitrogens is 3. The first-order chi connectivity index (χ1) is 21.9. The van der Waals surface area contributed by atoms with Crippen molar-refractivity contribution in [1.82, 2.24) is 24.3 Å². The zero-order valence-corrected chi connectivity index (χ0v) is 25.5. The van der Waals surface area contributed by atoms with Crippen LogP contribution in [0.4, 0.5) is 4.39 Å². The fourth-order valence-electron chi connectivity index (χ4n) is 8.74. The van der Waals surface area contributed by atoms with Crippen LogP contribution in [-0.4, -0.2) is 62.0 Å². The summed E-state index contributed by atoms with van der Waals surface area (Å²) in [7, 11) is 0. The molecule has 3 aliphatic rings. The van der Waals surface area contributed by atoms with E-state index in [-0.39, 0.29) is 28.0 Å². The molecule has 0 aliphatic carbocycles. The van der Waals surface area contributed by atoms with Gasteiger partial charge in [0.05, 0.1) is 16.6 Å².